The Bertz CT molecular complexity index is 1700. The van der Waals surface area contributed by atoms with Crippen LogP contribution in [0.25, 0.3) is 0 Å². The number of aliphatic hydroxyl groups excluding tert-OH is 11. The number of rotatable bonds is 43. The van der Waals surface area contributed by atoms with Gasteiger partial charge in [-0.3, -0.25) is 9.59 Å². The van der Waals surface area contributed by atoms with E-state index >= 15 is 0 Å². The van der Waals surface area contributed by atoms with Gasteiger partial charge in [0.05, 0.1) is 50.7 Å². The molecule has 3 fully saturated rings. The van der Waals surface area contributed by atoms with Crippen LogP contribution in [0.4, 0.5) is 0 Å². The van der Waals surface area contributed by atoms with Gasteiger partial charge in [0.2, 0.25) is 11.8 Å². The Hall–Kier alpha value is -2.53. The first kappa shape index (κ1) is 71.7. The maximum atomic E-state index is 13.3. The molecule has 0 bridgehead atoms. The Morgan fingerprint density at radius 3 is 1.69 bits per heavy atom. The highest BCUT2D eigenvalue weighted by atomic mass is 16.8. The summed E-state index contributed by atoms with van der Waals surface area (Å²) in [5.41, 5.74) is 0. The van der Waals surface area contributed by atoms with Crippen LogP contribution in [0.5, 0.6) is 0 Å². The number of aliphatic hydroxyl groups is 11. The molecule has 3 aliphatic heterocycles. The maximum absolute atomic E-state index is 13.3. The first-order valence-corrected chi connectivity index (χ1v) is 30.0. The number of hydrogen-bond acceptors (Lipinski definition) is 20. The minimum atomic E-state index is -3.08. The minimum absolute atomic E-state index is 0.214. The summed E-state index contributed by atoms with van der Waals surface area (Å²) in [6, 6.07) is -2.53. The molecule has 14 N–H and O–H groups in total. The van der Waals surface area contributed by atoms with Gasteiger partial charge in [0.1, 0.15) is 67.1 Å². The Morgan fingerprint density at radius 1 is 0.637 bits per heavy atom. The zero-order chi connectivity index (χ0) is 59.0. The average molecular weight is 1150 g/mol. The molecule has 3 heterocycles. The number of allylic oxidation sites excluding steroid dienone is 2. The summed E-state index contributed by atoms with van der Waals surface area (Å²) in [6.07, 6.45) is 2.56. The van der Waals surface area contributed by atoms with Crippen LogP contribution in [0, 0.1) is 0 Å². The molecule has 0 radical (unpaired) electrons. The summed E-state index contributed by atoms with van der Waals surface area (Å²) < 4.78 is 34.7. The molecule has 23 nitrogen and oxygen atoms in total. The number of carboxylic acids is 1. The minimum Gasteiger partial charge on any atom is -0.477 e. The lowest BCUT2D eigenvalue weighted by molar-refractivity contribution is -0.386. The van der Waals surface area contributed by atoms with Crippen molar-refractivity contribution in [3.8, 4) is 0 Å². The van der Waals surface area contributed by atoms with E-state index in [2.05, 4.69) is 36.6 Å². The predicted molar refractivity (Wildman–Crippen MR) is 292 cm³/mol. The summed E-state index contributed by atoms with van der Waals surface area (Å²) in [6.45, 7) is 2.13. The van der Waals surface area contributed by atoms with Crippen molar-refractivity contribution in [1.29, 1.82) is 0 Å². The molecule has 18 atom stereocenters. The largest absolute Gasteiger partial charge is 0.477 e. The number of carbonyl (C=O) groups is 3. The second-order valence-electron chi connectivity index (χ2n) is 22.2. The van der Waals surface area contributed by atoms with Crippen molar-refractivity contribution in [2.45, 2.75) is 304 Å². The fourth-order valence-corrected chi connectivity index (χ4v) is 10.6. The van der Waals surface area contributed by atoms with Crippen LogP contribution < -0.4 is 10.6 Å². The molecule has 80 heavy (non-hydrogen) atoms. The topological polar surface area (TPSA) is 373 Å². The number of amides is 2. The van der Waals surface area contributed by atoms with Crippen molar-refractivity contribution < 1.29 is 104 Å². The molecule has 3 saturated heterocycles. The van der Waals surface area contributed by atoms with Crippen molar-refractivity contribution in [3.05, 3.63) is 12.2 Å². The van der Waals surface area contributed by atoms with Crippen molar-refractivity contribution in [3.63, 3.8) is 0 Å². The highest BCUT2D eigenvalue weighted by molar-refractivity contribution is 5.77. The lowest BCUT2D eigenvalue weighted by atomic mass is 9.88. The number of hydrogen-bond donors (Lipinski definition) is 14. The van der Waals surface area contributed by atoms with E-state index in [1.807, 2.05) is 0 Å². The van der Waals surface area contributed by atoms with Gasteiger partial charge in [-0.05, 0) is 38.5 Å². The molecule has 468 valence electrons. The third-order valence-corrected chi connectivity index (χ3v) is 15.5. The van der Waals surface area contributed by atoms with E-state index in [0.29, 0.717) is 19.3 Å². The van der Waals surface area contributed by atoms with Gasteiger partial charge in [-0.2, -0.15) is 0 Å². The van der Waals surface area contributed by atoms with Gasteiger partial charge in [-0.1, -0.05) is 148 Å². The second-order valence-corrected chi connectivity index (χ2v) is 22.2. The van der Waals surface area contributed by atoms with Gasteiger partial charge in [0.25, 0.3) is 5.79 Å². The van der Waals surface area contributed by atoms with E-state index in [0.717, 1.165) is 71.1 Å². The first-order valence-electron chi connectivity index (χ1n) is 30.0. The van der Waals surface area contributed by atoms with Crippen molar-refractivity contribution in [2.75, 3.05) is 26.4 Å². The van der Waals surface area contributed by atoms with E-state index in [4.69, 9.17) is 28.4 Å². The second kappa shape index (κ2) is 39.9. The van der Waals surface area contributed by atoms with Crippen LogP contribution >= 0.6 is 0 Å². The lowest BCUT2D eigenvalue weighted by Crippen LogP contribution is -2.70. The summed E-state index contributed by atoms with van der Waals surface area (Å²) in [5.74, 6) is -6.11. The zero-order valence-corrected chi connectivity index (χ0v) is 47.9. The maximum Gasteiger partial charge on any atom is 0.364 e. The fourth-order valence-electron chi connectivity index (χ4n) is 10.6. The lowest BCUT2D eigenvalue weighted by Gasteiger charge is -2.50. The van der Waals surface area contributed by atoms with Gasteiger partial charge in [0, 0.05) is 19.8 Å². The van der Waals surface area contributed by atoms with Crippen molar-refractivity contribution in [2.24, 2.45) is 0 Å². The number of carboxylic acid groups (broad SMARTS) is 1. The molecule has 23 heteroatoms. The Kier molecular flexibility index (Phi) is 35.8. The first-order chi connectivity index (χ1) is 38.4. The van der Waals surface area contributed by atoms with Crippen LogP contribution in [0.1, 0.15) is 194 Å². The van der Waals surface area contributed by atoms with Gasteiger partial charge >= 0.3 is 5.97 Å². The van der Waals surface area contributed by atoms with E-state index in [-0.39, 0.29) is 18.9 Å². The van der Waals surface area contributed by atoms with Gasteiger partial charge < -0.3 is 100 Å². The smallest absolute Gasteiger partial charge is 0.364 e. The number of ether oxygens (including phenoxy) is 6. The highest BCUT2D eigenvalue weighted by Crippen LogP contribution is 2.38. The molecule has 0 spiro atoms. The number of aliphatic carboxylic acids is 1. The molecule has 0 saturated carbocycles. The number of nitrogens with one attached hydrogen (secondary N) is 2. The molecule has 18 unspecified atom stereocenters. The number of carbonyl (C=O) groups excluding carboxylic acids is 2. The average Bonchev–Trinajstić information content (AvgIpc) is 3.55. The van der Waals surface area contributed by atoms with Crippen molar-refractivity contribution >= 4 is 17.8 Å². The molecular formula is C57H104N2O21. The summed E-state index contributed by atoms with van der Waals surface area (Å²) in [5, 5.41) is 135. The third-order valence-electron chi connectivity index (χ3n) is 15.5. The molecule has 2 amide bonds. The summed E-state index contributed by atoms with van der Waals surface area (Å²) in [4.78, 5) is 38.3. The van der Waals surface area contributed by atoms with Crippen LogP contribution in [0.2, 0.25) is 0 Å². The quantitative estimate of drug-likeness (QED) is 0.0308. The predicted octanol–water partition coefficient (Wildman–Crippen LogP) is 2.39. The number of unbranched alkanes of at least 4 members (excludes halogenated alkanes) is 21. The van der Waals surface area contributed by atoms with E-state index in [9.17, 15) is 75.7 Å². The SMILES string of the molecule is CCCCCCCCC/C=C\CCCCCCCC(=O)NC(COC1OC(CO)C(OC2OC(CO)C(O)C(OC3(C(=O)O)CC(O)C(NC(C)=O)C(C(O)C(O)CO)O3)C2O)C(O)C1O)C(O)CCCCCCCCCCCC. The normalized spacial score (nSPS) is 30.7. The van der Waals surface area contributed by atoms with Crippen LogP contribution in [0.15, 0.2) is 12.2 Å². The molecule has 0 aliphatic carbocycles. The fraction of sp³-hybridized carbons (Fsp3) is 0.912. The van der Waals surface area contributed by atoms with Crippen LogP contribution in [-0.4, -0.2) is 215 Å². The molecule has 0 aromatic carbocycles. The van der Waals surface area contributed by atoms with Gasteiger partial charge in [0.15, 0.2) is 12.6 Å². The Morgan fingerprint density at radius 2 is 1.16 bits per heavy atom. The summed E-state index contributed by atoms with van der Waals surface area (Å²) in [7, 11) is 0. The van der Waals surface area contributed by atoms with E-state index < -0.39 is 148 Å². The van der Waals surface area contributed by atoms with E-state index in [1.54, 1.807) is 0 Å². The Labute approximate surface area is 473 Å². The third kappa shape index (κ3) is 24.2. The standard InChI is InChI=1S/C57H104N2O21/c1-4-6-8-10-12-14-16-17-18-19-20-21-23-25-27-29-31-44(67)59-38(39(64)30-28-26-24-22-15-13-11-9-7-5-2)36-75-54-49(71)48(70)51(43(35-62)77-54)78-55-50(72)53(47(69)42(34-61)76-55)80-57(56(73)74)32-40(65)45(58-37(3)63)52(79-57)46(68)41(66)33-60/h18-19,38-43,45-55,60-62,64-66,68-72H,4-17,20-36H2,1-3H3,(H,58,63)(H,59,67)(H,73,74)/b19-18-. The van der Waals surface area contributed by atoms with E-state index in [1.165, 1.54) is 77.0 Å². The van der Waals surface area contributed by atoms with Crippen molar-refractivity contribution in [1.82, 2.24) is 10.6 Å². The summed E-state index contributed by atoms with van der Waals surface area (Å²) >= 11 is 0. The van der Waals surface area contributed by atoms with Crippen LogP contribution in [-0.2, 0) is 42.8 Å². The van der Waals surface area contributed by atoms with Crippen LogP contribution in [0.3, 0.4) is 0 Å². The highest BCUT2D eigenvalue weighted by Gasteiger charge is 2.60. The monoisotopic (exact) mass is 1150 g/mol. The molecule has 3 aliphatic rings. The van der Waals surface area contributed by atoms with Gasteiger partial charge in [-0.25, -0.2) is 4.79 Å². The molecule has 0 aromatic rings. The molecular weight excluding hydrogens is 1050 g/mol. The van der Waals surface area contributed by atoms with Gasteiger partial charge in [-0.15, -0.1) is 0 Å². The Balaban J connectivity index is 1.66. The zero-order valence-electron chi connectivity index (χ0n) is 47.9. The molecule has 3 rings (SSSR count). The molecule has 0 aromatic heterocycles.